The van der Waals surface area contributed by atoms with Gasteiger partial charge in [0.05, 0.1) is 0 Å². The number of halogens is 1. The summed E-state index contributed by atoms with van der Waals surface area (Å²) in [7, 11) is 0. The minimum Gasteiger partial charge on any atom is -0.489 e. The minimum atomic E-state index is -1.39. The zero-order valence-corrected chi connectivity index (χ0v) is 15.8. The Morgan fingerprint density at radius 2 is 1.77 bits per heavy atom. The fourth-order valence-electron chi connectivity index (χ4n) is 2.61. The second-order valence-corrected chi connectivity index (χ2v) is 7.01. The molecule has 1 aliphatic heterocycles. The van der Waals surface area contributed by atoms with E-state index in [-0.39, 0.29) is 11.7 Å². The summed E-state index contributed by atoms with van der Waals surface area (Å²) in [6.45, 7) is 0.287. The number of ether oxygens (including phenoxy) is 1. The van der Waals surface area contributed by atoms with Gasteiger partial charge in [-0.3, -0.25) is 9.59 Å². The van der Waals surface area contributed by atoms with Crippen LogP contribution in [0.5, 0.6) is 5.75 Å². The molecule has 2 aromatic carbocycles. The number of carbonyl (C=O) groups is 2. The van der Waals surface area contributed by atoms with E-state index in [9.17, 15) is 14.7 Å². The number of hydrogen-bond acceptors (Lipinski definition) is 5. The van der Waals surface area contributed by atoms with Crippen molar-refractivity contribution < 1.29 is 19.4 Å². The first-order valence-corrected chi connectivity index (χ1v) is 8.96. The Labute approximate surface area is 163 Å². The monoisotopic (exact) mass is 434 g/mol. The third kappa shape index (κ3) is 4.09. The Bertz CT molecular complexity index is 840. The first-order chi connectivity index (χ1) is 12.5. The summed E-state index contributed by atoms with van der Waals surface area (Å²) in [6, 6.07) is 14.6. The zero-order chi connectivity index (χ0) is 18.7. The van der Waals surface area contributed by atoms with Crippen LogP contribution in [0.15, 0.2) is 53.0 Å². The molecule has 2 aromatic rings. The normalized spacial score (nSPS) is 16.0. The second kappa shape index (κ2) is 7.94. The molecule has 0 aliphatic carbocycles. The number of aliphatic hydroxyl groups excluding tert-OH is 1. The molecule has 0 bridgehead atoms. The SMILES string of the molecule is O=C1NC(=S)NC(=O)C1[C@@H](O)c1cc(Br)ccc1OCc1ccccc1. The highest BCUT2D eigenvalue weighted by Gasteiger charge is 2.40. The van der Waals surface area contributed by atoms with Gasteiger partial charge < -0.3 is 20.5 Å². The lowest BCUT2D eigenvalue weighted by Gasteiger charge is -2.27. The van der Waals surface area contributed by atoms with E-state index in [0.29, 0.717) is 15.8 Å². The molecule has 6 nitrogen and oxygen atoms in total. The quantitative estimate of drug-likeness (QED) is 0.495. The van der Waals surface area contributed by atoms with Crippen LogP contribution in [0.1, 0.15) is 17.2 Å². The summed E-state index contributed by atoms with van der Waals surface area (Å²) < 4.78 is 6.50. The third-order valence-corrected chi connectivity index (χ3v) is 4.58. The lowest BCUT2D eigenvalue weighted by Crippen LogP contribution is -2.57. The van der Waals surface area contributed by atoms with Crippen molar-refractivity contribution in [3.8, 4) is 5.75 Å². The van der Waals surface area contributed by atoms with Gasteiger partial charge in [-0.1, -0.05) is 46.3 Å². The average molecular weight is 435 g/mol. The van der Waals surface area contributed by atoms with Crippen molar-refractivity contribution in [1.29, 1.82) is 0 Å². The van der Waals surface area contributed by atoms with E-state index in [1.54, 1.807) is 18.2 Å². The molecule has 1 atom stereocenters. The van der Waals surface area contributed by atoms with Gasteiger partial charge in [-0.05, 0) is 36.0 Å². The van der Waals surface area contributed by atoms with Gasteiger partial charge in [-0.15, -0.1) is 0 Å². The van der Waals surface area contributed by atoms with Gasteiger partial charge in [0.15, 0.2) is 5.11 Å². The predicted molar refractivity (Wildman–Crippen MR) is 102 cm³/mol. The van der Waals surface area contributed by atoms with Crippen molar-refractivity contribution in [2.45, 2.75) is 12.7 Å². The molecular formula is C18H15BrN2O4S. The van der Waals surface area contributed by atoms with E-state index >= 15 is 0 Å². The fourth-order valence-corrected chi connectivity index (χ4v) is 3.19. The van der Waals surface area contributed by atoms with Crippen LogP contribution in [0.4, 0.5) is 0 Å². The third-order valence-electron chi connectivity index (χ3n) is 3.88. The van der Waals surface area contributed by atoms with Crippen LogP contribution in [0, 0.1) is 5.92 Å². The van der Waals surface area contributed by atoms with Crippen LogP contribution in [0.25, 0.3) is 0 Å². The molecule has 0 radical (unpaired) electrons. The summed E-state index contributed by atoms with van der Waals surface area (Å²) in [4.78, 5) is 24.3. The highest BCUT2D eigenvalue weighted by Crippen LogP contribution is 2.34. The summed E-state index contributed by atoms with van der Waals surface area (Å²) in [5.41, 5.74) is 1.28. The molecule has 0 spiro atoms. The molecule has 1 aliphatic rings. The van der Waals surface area contributed by atoms with Crippen molar-refractivity contribution >= 4 is 45.1 Å². The average Bonchev–Trinajstić information content (AvgIpc) is 2.60. The summed E-state index contributed by atoms with van der Waals surface area (Å²) in [6.07, 6.45) is -1.39. The highest BCUT2D eigenvalue weighted by molar-refractivity contribution is 9.10. The van der Waals surface area contributed by atoms with E-state index in [0.717, 1.165) is 5.56 Å². The largest absolute Gasteiger partial charge is 0.489 e. The van der Waals surface area contributed by atoms with Gasteiger partial charge in [0.2, 0.25) is 11.8 Å². The fraction of sp³-hybridized carbons (Fsp3) is 0.167. The maximum absolute atomic E-state index is 12.1. The Morgan fingerprint density at radius 1 is 1.12 bits per heavy atom. The second-order valence-electron chi connectivity index (χ2n) is 5.69. The van der Waals surface area contributed by atoms with E-state index in [4.69, 9.17) is 17.0 Å². The lowest BCUT2D eigenvalue weighted by molar-refractivity contribution is -0.140. The van der Waals surface area contributed by atoms with Gasteiger partial charge in [-0.2, -0.15) is 0 Å². The van der Waals surface area contributed by atoms with Crippen molar-refractivity contribution in [3.63, 3.8) is 0 Å². The van der Waals surface area contributed by atoms with Crippen molar-refractivity contribution in [2.24, 2.45) is 5.92 Å². The Hall–Kier alpha value is -2.29. The molecule has 134 valence electrons. The van der Waals surface area contributed by atoms with E-state index in [2.05, 4.69) is 26.6 Å². The number of thiocarbonyl (C=S) groups is 1. The van der Waals surface area contributed by atoms with Crippen LogP contribution in [-0.4, -0.2) is 22.0 Å². The molecule has 0 unspecified atom stereocenters. The molecule has 1 heterocycles. The molecule has 3 N–H and O–H groups in total. The topological polar surface area (TPSA) is 87.7 Å². The van der Waals surface area contributed by atoms with Crippen molar-refractivity contribution in [2.75, 3.05) is 0 Å². The summed E-state index contributed by atoms with van der Waals surface area (Å²) in [5, 5.41) is 15.3. The molecule has 0 saturated carbocycles. The van der Waals surface area contributed by atoms with Gasteiger partial charge in [0.25, 0.3) is 0 Å². The van der Waals surface area contributed by atoms with Crippen LogP contribution in [0.2, 0.25) is 0 Å². The van der Waals surface area contributed by atoms with Crippen LogP contribution in [-0.2, 0) is 16.2 Å². The number of nitrogens with one attached hydrogen (secondary N) is 2. The van der Waals surface area contributed by atoms with E-state index in [1.165, 1.54) is 0 Å². The van der Waals surface area contributed by atoms with Crippen LogP contribution in [0.3, 0.4) is 0 Å². The molecule has 2 amide bonds. The zero-order valence-electron chi connectivity index (χ0n) is 13.4. The molecule has 0 aromatic heterocycles. The van der Waals surface area contributed by atoms with Crippen LogP contribution >= 0.6 is 28.1 Å². The Morgan fingerprint density at radius 3 is 2.42 bits per heavy atom. The predicted octanol–water partition coefficient (Wildman–Crippen LogP) is 2.21. The van der Waals surface area contributed by atoms with Crippen molar-refractivity contribution in [3.05, 3.63) is 64.1 Å². The lowest BCUT2D eigenvalue weighted by atomic mass is 9.92. The molecule has 1 saturated heterocycles. The molecule has 26 heavy (non-hydrogen) atoms. The number of carbonyl (C=O) groups excluding carboxylic acids is 2. The molecule has 8 heteroatoms. The molecular weight excluding hydrogens is 420 g/mol. The number of hydrogen-bond donors (Lipinski definition) is 3. The summed E-state index contributed by atoms with van der Waals surface area (Å²) >= 11 is 8.12. The van der Waals surface area contributed by atoms with E-state index < -0.39 is 23.8 Å². The van der Waals surface area contributed by atoms with Gasteiger partial charge >= 0.3 is 0 Å². The number of aliphatic hydroxyl groups is 1. The molecule has 3 rings (SSSR count). The van der Waals surface area contributed by atoms with Gasteiger partial charge in [-0.25, -0.2) is 0 Å². The van der Waals surface area contributed by atoms with E-state index in [1.807, 2.05) is 30.3 Å². The van der Waals surface area contributed by atoms with Crippen molar-refractivity contribution in [1.82, 2.24) is 10.6 Å². The van der Waals surface area contributed by atoms with Gasteiger partial charge in [0.1, 0.15) is 24.4 Å². The number of benzene rings is 2. The minimum absolute atomic E-state index is 0.0711. The van der Waals surface area contributed by atoms with Crippen LogP contribution < -0.4 is 15.4 Å². The maximum atomic E-state index is 12.1. The highest BCUT2D eigenvalue weighted by atomic mass is 79.9. The maximum Gasteiger partial charge on any atom is 0.241 e. The summed E-state index contributed by atoms with van der Waals surface area (Å²) in [5.74, 6) is -2.24. The first-order valence-electron chi connectivity index (χ1n) is 7.75. The molecule has 1 fully saturated rings. The number of rotatable bonds is 5. The smallest absolute Gasteiger partial charge is 0.241 e. The standard InChI is InChI=1S/C18H15BrN2O4S/c19-11-6-7-13(25-9-10-4-2-1-3-5-10)12(8-11)15(22)14-16(23)20-18(26)21-17(14)24/h1-8,14-15,22H,9H2,(H2,20,21,23,24,26)/t15-/m0/s1. The first kappa shape index (κ1) is 18.5. The Kier molecular flexibility index (Phi) is 5.65. The van der Waals surface area contributed by atoms with Gasteiger partial charge in [0, 0.05) is 10.0 Å². The number of amides is 2. The Balaban J connectivity index is 1.86.